The van der Waals surface area contributed by atoms with Gasteiger partial charge in [0.05, 0.1) is 10.6 Å². The molecule has 1 fully saturated rings. The van der Waals surface area contributed by atoms with E-state index in [4.69, 9.17) is 11.6 Å². The molecule has 1 aliphatic heterocycles. The van der Waals surface area contributed by atoms with E-state index >= 15 is 0 Å². The van der Waals surface area contributed by atoms with Crippen molar-refractivity contribution in [2.45, 2.75) is 58.0 Å². The molecule has 0 bridgehead atoms. The van der Waals surface area contributed by atoms with Gasteiger partial charge in [0.2, 0.25) is 0 Å². The Balaban J connectivity index is 1.71. The van der Waals surface area contributed by atoms with Gasteiger partial charge in [0.1, 0.15) is 5.78 Å². The molecule has 30 heavy (non-hydrogen) atoms. The third kappa shape index (κ3) is 5.68. The summed E-state index contributed by atoms with van der Waals surface area (Å²) in [5, 5.41) is 12.6. The summed E-state index contributed by atoms with van der Waals surface area (Å²) in [6, 6.07) is 12.8. The van der Waals surface area contributed by atoms with E-state index in [1.807, 2.05) is 12.1 Å². The average molecular weight is 446 g/mol. The van der Waals surface area contributed by atoms with Crippen molar-refractivity contribution in [3.8, 4) is 0 Å². The van der Waals surface area contributed by atoms with E-state index in [-0.39, 0.29) is 17.1 Å². The number of hydrogen-bond donors (Lipinski definition) is 0. The van der Waals surface area contributed by atoms with Crippen LogP contribution in [-0.4, -0.2) is 16.9 Å². The van der Waals surface area contributed by atoms with E-state index in [1.165, 1.54) is 37.0 Å². The Labute approximate surface area is 184 Å². The number of ketones is 1. The molecule has 0 radical (unpaired) electrons. The SMILES string of the molecule is CC(C)CCCCCc1ccc(C2C(=O)CCP2c2ccc([N+](=O)[O-])cc2)c(Cl)c1. The third-order valence-corrected chi connectivity index (χ3v) is 8.90. The van der Waals surface area contributed by atoms with E-state index in [0.717, 1.165) is 35.8 Å². The number of halogens is 1. The topological polar surface area (TPSA) is 60.2 Å². The van der Waals surface area contributed by atoms with Gasteiger partial charge >= 0.3 is 0 Å². The Morgan fingerprint density at radius 2 is 1.87 bits per heavy atom. The minimum atomic E-state index is -0.756. The lowest BCUT2D eigenvalue weighted by Crippen LogP contribution is -2.10. The number of unbranched alkanes of at least 4 members (excludes halogenated alkanes) is 2. The number of rotatable bonds is 9. The normalized spacial score (nSPS) is 18.9. The Hall–Kier alpha value is -1.77. The maximum Gasteiger partial charge on any atom is 0.269 e. The maximum atomic E-state index is 12.7. The molecule has 1 aliphatic rings. The predicted molar refractivity (Wildman–Crippen MR) is 125 cm³/mol. The van der Waals surface area contributed by atoms with Crippen LogP contribution in [0.5, 0.6) is 0 Å². The summed E-state index contributed by atoms with van der Waals surface area (Å²) in [5.74, 6) is 0.983. The first-order chi connectivity index (χ1) is 14.4. The number of carbonyl (C=O) groups is 1. The molecule has 0 aliphatic carbocycles. The molecular formula is C24H29ClNO3P. The average Bonchev–Trinajstić information content (AvgIpc) is 3.09. The number of nitro groups is 1. The van der Waals surface area contributed by atoms with Gasteiger partial charge in [-0.25, -0.2) is 0 Å². The molecule has 0 N–H and O–H groups in total. The monoisotopic (exact) mass is 445 g/mol. The van der Waals surface area contributed by atoms with Crippen molar-refractivity contribution in [3.05, 3.63) is 68.7 Å². The van der Waals surface area contributed by atoms with Crippen LogP contribution in [0.25, 0.3) is 0 Å². The first-order valence-electron chi connectivity index (χ1n) is 10.7. The Morgan fingerprint density at radius 1 is 1.13 bits per heavy atom. The van der Waals surface area contributed by atoms with Crippen LogP contribution >= 0.6 is 19.5 Å². The van der Waals surface area contributed by atoms with Gasteiger partial charge in [-0.05, 0) is 59.6 Å². The summed E-state index contributed by atoms with van der Waals surface area (Å²) in [5.41, 5.74) is 1.99. The number of non-ortho nitro benzene ring substituents is 1. The molecule has 3 rings (SSSR count). The van der Waals surface area contributed by atoms with Gasteiger partial charge in [0, 0.05) is 23.6 Å². The standard InChI is InChI=1S/C24H29ClNO3P/c1-17(2)6-4-3-5-7-18-8-13-21(22(25)16-18)24-23(27)14-15-30(24)20-11-9-19(10-12-20)26(28)29/h8-13,16-17,24H,3-7,14-15H2,1-2H3. The van der Waals surface area contributed by atoms with Gasteiger partial charge in [-0.2, -0.15) is 0 Å². The molecule has 2 atom stereocenters. The second-order valence-electron chi connectivity index (χ2n) is 8.43. The number of hydrogen-bond acceptors (Lipinski definition) is 3. The Morgan fingerprint density at radius 3 is 2.50 bits per heavy atom. The van der Waals surface area contributed by atoms with Crippen LogP contribution in [0.2, 0.25) is 5.02 Å². The molecule has 0 saturated carbocycles. The van der Waals surface area contributed by atoms with Crippen LogP contribution < -0.4 is 5.30 Å². The highest BCUT2D eigenvalue weighted by molar-refractivity contribution is 7.67. The number of nitrogens with zero attached hydrogens (tertiary/aromatic N) is 1. The Kier molecular flexibility index (Phi) is 8.02. The molecule has 0 amide bonds. The molecule has 4 nitrogen and oxygen atoms in total. The molecular weight excluding hydrogens is 417 g/mol. The van der Waals surface area contributed by atoms with E-state index in [2.05, 4.69) is 19.9 Å². The minimum absolute atomic E-state index is 0.0756. The number of carbonyl (C=O) groups excluding carboxylic acids is 1. The van der Waals surface area contributed by atoms with E-state index < -0.39 is 12.8 Å². The molecule has 2 aromatic rings. The predicted octanol–water partition coefficient (Wildman–Crippen LogP) is 6.83. The lowest BCUT2D eigenvalue weighted by molar-refractivity contribution is -0.384. The fourth-order valence-electron chi connectivity index (χ4n) is 4.06. The van der Waals surface area contributed by atoms with Gasteiger partial charge in [-0.3, -0.25) is 14.9 Å². The summed E-state index contributed by atoms with van der Waals surface area (Å²) in [4.78, 5) is 23.3. The molecule has 160 valence electrons. The van der Waals surface area contributed by atoms with Crippen molar-refractivity contribution < 1.29 is 9.72 Å². The van der Waals surface area contributed by atoms with Crippen molar-refractivity contribution in [1.82, 2.24) is 0 Å². The first kappa shape index (κ1) is 22.9. The summed E-state index contributed by atoms with van der Waals surface area (Å²) in [6.07, 6.45) is 7.28. The van der Waals surface area contributed by atoms with E-state index in [0.29, 0.717) is 11.4 Å². The summed E-state index contributed by atoms with van der Waals surface area (Å²) >= 11 is 6.64. The second-order valence-corrected chi connectivity index (χ2v) is 11.3. The highest BCUT2D eigenvalue weighted by Gasteiger charge is 2.37. The third-order valence-electron chi connectivity index (χ3n) is 5.71. The molecule has 0 aromatic heterocycles. The van der Waals surface area contributed by atoms with Crippen molar-refractivity contribution in [1.29, 1.82) is 0 Å². The summed E-state index contributed by atoms with van der Waals surface area (Å²) in [7, 11) is -0.756. The highest BCUT2D eigenvalue weighted by atomic mass is 35.5. The van der Waals surface area contributed by atoms with Crippen LogP contribution in [0.1, 0.15) is 62.7 Å². The lowest BCUT2D eigenvalue weighted by atomic mass is 10.00. The number of Topliss-reactive ketones (excluding diaryl/α,β-unsaturated/α-hetero) is 1. The molecule has 0 spiro atoms. The molecule has 1 heterocycles. The van der Waals surface area contributed by atoms with Crippen LogP contribution in [0.3, 0.4) is 0 Å². The minimum Gasteiger partial charge on any atom is -0.299 e. The summed E-state index contributed by atoms with van der Waals surface area (Å²) in [6.45, 7) is 4.52. The number of aryl methyl sites for hydroxylation is 1. The molecule has 1 saturated heterocycles. The Bertz CT molecular complexity index is 898. The van der Waals surface area contributed by atoms with Gasteiger partial charge in [0.25, 0.3) is 5.69 Å². The smallest absolute Gasteiger partial charge is 0.269 e. The number of nitro benzene ring substituents is 1. The van der Waals surface area contributed by atoms with Gasteiger partial charge < -0.3 is 0 Å². The van der Waals surface area contributed by atoms with Crippen LogP contribution in [0.15, 0.2) is 42.5 Å². The summed E-state index contributed by atoms with van der Waals surface area (Å²) < 4.78 is 0. The fourth-order valence-corrected chi connectivity index (χ4v) is 7.30. The van der Waals surface area contributed by atoms with Crippen LogP contribution in [0.4, 0.5) is 5.69 Å². The van der Waals surface area contributed by atoms with E-state index in [1.54, 1.807) is 12.1 Å². The number of benzene rings is 2. The molecule has 2 aromatic carbocycles. The largest absolute Gasteiger partial charge is 0.299 e. The molecule has 6 heteroatoms. The second kappa shape index (κ2) is 10.5. The van der Waals surface area contributed by atoms with Crippen molar-refractivity contribution >= 4 is 36.3 Å². The van der Waals surface area contributed by atoms with Crippen molar-refractivity contribution in [2.24, 2.45) is 5.92 Å². The highest BCUT2D eigenvalue weighted by Crippen LogP contribution is 2.57. The quantitative estimate of drug-likeness (QED) is 0.184. The van der Waals surface area contributed by atoms with Crippen LogP contribution in [-0.2, 0) is 11.2 Å². The maximum absolute atomic E-state index is 12.7. The van der Waals surface area contributed by atoms with Crippen molar-refractivity contribution in [3.63, 3.8) is 0 Å². The zero-order chi connectivity index (χ0) is 21.7. The first-order valence-corrected chi connectivity index (χ1v) is 12.7. The van der Waals surface area contributed by atoms with E-state index in [9.17, 15) is 14.9 Å². The van der Waals surface area contributed by atoms with Gasteiger partial charge in [-0.15, -0.1) is 0 Å². The fraction of sp³-hybridized carbons (Fsp3) is 0.458. The van der Waals surface area contributed by atoms with Gasteiger partial charge in [-0.1, -0.05) is 64.8 Å². The zero-order valence-corrected chi connectivity index (χ0v) is 19.3. The van der Waals surface area contributed by atoms with Crippen molar-refractivity contribution in [2.75, 3.05) is 6.16 Å². The van der Waals surface area contributed by atoms with Crippen LogP contribution in [0, 0.1) is 16.0 Å². The zero-order valence-electron chi connectivity index (χ0n) is 17.6. The lowest BCUT2D eigenvalue weighted by Gasteiger charge is -2.21. The molecule has 2 unspecified atom stereocenters. The van der Waals surface area contributed by atoms with Gasteiger partial charge in [0.15, 0.2) is 0 Å².